The molecule has 292 valence electrons. The summed E-state index contributed by atoms with van der Waals surface area (Å²) in [5.41, 5.74) is 22.0. The fraction of sp³-hybridized carbons (Fsp3) is 0.0164. The largest absolute Gasteiger partial charge is 0.309 e. The summed E-state index contributed by atoms with van der Waals surface area (Å²) in [6.07, 6.45) is 0. The molecule has 0 amide bonds. The number of fused-ring (bicyclic) bond motifs is 14. The van der Waals surface area contributed by atoms with E-state index in [1.165, 1.54) is 116 Å². The highest BCUT2D eigenvalue weighted by molar-refractivity contribution is 6.17. The Kier molecular flexibility index (Phi) is 7.07. The summed E-state index contributed by atoms with van der Waals surface area (Å²) in [4.78, 5) is 0. The maximum Gasteiger partial charge on any atom is 0.0714 e. The highest BCUT2D eigenvalue weighted by Gasteiger charge is 2.46. The maximum absolute atomic E-state index is 2.50. The first kappa shape index (κ1) is 34.5. The van der Waals surface area contributed by atoms with E-state index in [4.69, 9.17) is 0 Å². The smallest absolute Gasteiger partial charge is 0.0714 e. The predicted octanol–water partition coefficient (Wildman–Crippen LogP) is 15.6. The van der Waals surface area contributed by atoms with Gasteiger partial charge in [-0.25, -0.2) is 0 Å². The van der Waals surface area contributed by atoms with Gasteiger partial charge in [-0.1, -0.05) is 182 Å². The third-order valence-electron chi connectivity index (χ3n) is 14.1. The van der Waals surface area contributed by atoms with Crippen molar-refractivity contribution in [3.05, 3.63) is 253 Å². The second kappa shape index (κ2) is 12.9. The second-order valence-electron chi connectivity index (χ2n) is 17.2. The fourth-order valence-electron chi connectivity index (χ4n) is 11.6. The lowest BCUT2D eigenvalue weighted by molar-refractivity contribution is 0.767. The number of rotatable bonds is 4. The minimum atomic E-state index is -0.469. The molecule has 0 bridgehead atoms. The molecule has 2 aliphatic rings. The first-order valence-corrected chi connectivity index (χ1v) is 21.9. The minimum Gasteiger partial charge on any atom is -0.309 e. The first-order chi connectivity index (χ1) is 31.3. The van der Waals surface area contributed by atoms with Crippen molar-refractivity contribution in [2.45, 2.75) is 5.41 Å². The van der Waals surface area contributed by atoms with Crippen LogP contribution >= 0.6 is 0 Å². The van der Waals surface area contributed by atoms with Crippen LogP contribution < -0.4 is 0 Å². The van der Waals surface area contributed by atoms with Gasteiger partial charge in [0.05, 0.1) is 33.2 Å². The summed E-state index contributed by atoms with van der Waals surface area (Å²) in [7, 11) is 0. The molecule has 0 spiro atoms. The summed E-state index contributed by atoms with van der Waals surface area (Å²) >= 11 is 0. The Morgan fingerprint density at radius 2 is 0.810 bits per heavy atom. The van der Waals surface area contributed by atoms with E-state index >= 15 is 0 Å². The molecular formula is C61H38N2. The Morgan fingerprint density at radius 1 is 0.286 bits per heavy atom. The Labute approximate surface area is 365 Å². The molecule has 12 aromatic rings. The monoisotopic (exact) mass is 798 g/mol. The SMILES string of the molecule is c1ccc(C2(c3ccccc3)c3ccccc3-c3ccc(-n4c5ccccc5c5cc(-c6ccc7c(c6)c6cccc8c6n7-c6ccccc6-c6ccccc6-8)ccc54)cc32)cc1. The number of nitrogens with zero attached hydrogens (tertiary/aromatic N) is 2. The Bertz CT molecular complexity index is 3810. The van der Waals surface area contributed by atoms with Crippen molar-refractivity contribution in [3.63, 3.8) is 0 Å². The van der Waals surface area contributed by atoms with E-state index in [0.29, 0.717) is 0 Å². The van der Waals surface area contributed by atoms with Crippen LogP contribution in [0.15, 0.2) is 231 Å². The lowest BCUT2D eigenvalue weighted by Crippen LogP contribution is -2.28. The van der Waals surface area contributed by atoms with Gasteiger partial charge in [0.2, 0.25) is 0 Å². The third-order valence-corrected chi connectivity index (χ3v) is 14.1. The molecule has 0 fully saturated rings. The Hall–Kier alpha value is -8.20. The zero-order chi connectivity index (χ0) is 41.2. The van der Waals surface area contributed by atoms with Crippen LogP contribution in [-0.4, -0.2) is 9.13 Å². The van der Waals surface area contributed by atoms with E-state index in [1.54, 1.807) is 0 Å². The van der Waals surface area contributed by atoms with E-state index in [0.717, 1.165) is 5.69 Å². The molecule has 10 aromatic carbocycles. The molecule has 3 heterocycles. The molecule has 2 heteroatoms. The van der Waals surface area contributed by atoms with Gasteiger partial charge < -0.3 is 9.13 Å². The third kappa shape index (κ3) is 4.62. The molecule has 1 aliphatic heterocycles. The van der Waals surface area contributed by atoms with Crippen LogP contribution in [0.5, 0.6) is 0 Å². The van der Waals surface area contributed by atoms with Gasteiger partial charge in [-0.2, -0.15) is 0 Å². The molecule has 0 N–H and O–H groups in total. The molecule has 0 unspecified atom stereocenters. The molecular weight excluding hydrogens is 761 g/mol. The van der Waals surface area contributed by atoms with Crippen molar-refractivity contribution in [2.75, 3.05) is 0 Å². The normalized spacial score (nSPS) is 13.2. The van der Waals surface area contributed by atoms with Crippen molar-refractivity contribution in [3.8, 4) is 55.9 Å². The molecule has 14 rings (SSSR count). The summed E-state index contributed by atoms with van der Waals surface area (Å²) < 4.78 is 4.97. The number of benzene rings is 10. The number of hydrogen-bond acceptors (Lipinski definition) is 0. The van der Waals surface area contributed by atoms with Gasteiger partial charge in [0, 0.05) is 38.4 Å². The average Bonchev–Trinajstić information content (AvgIpc) is 3.95. The number of para-hydroxylation sites is 3. The lowest BCUT2D eigenvalue weighted by atomic mass is 9.67. The molecule has 63 heavy (non-hydrogen) atoms. The summed E-state index contributed by atoms with van der Waals surface area (Å²) in [5.74, 6) is 0. The van der Waals surface area contributed by atoms with Gasteiger partial charge in [-0.05, 0) is 104 Å². The van der Waals surface area contributed by atoms with E-state index in [1.807, 2.05) is 0 Å². The zero-order valence-electron chi connectivity index (χ0n) is 34.3. The average molecular weight is 799 g/mol. The molecule has 2 nitrogen and oxygen atoms in total. The van der Waals surface area contributed by atoms with Gasteiger partial charge in [-0.15, -0.1) is 0 Å². The second-order valence-corrected chi connectivity index (χ2v) is 17.2. The fourth-order valence-corrected chi connectivity index (χ4v) is 11.6. The van der Waals surface area contributed by atoms with Crippen LogP contribution in [0.3, 0.4) is 0 Å². The summed E-state index contributed by atoms with van der Waals surface area (Å²) in [6.45, 7) is 0. The standard InChI is InChI=1S/C61H38N2/c1-3-16-41(17-4-1)61(42-18-5-2-6-19-42)54-27-12-9-22-46(54)47-33-32-43(38-55(47)61)62-56-28-13-11-24-49(56)52-36-39(30-34-58(52)62)40-31-35-59-53(37-40)51-26-15-25-50-45-21-8-7-20-44(45)48-23-10-14-29-57(48)63(59)60(50)51/h1-38H. The van der Waals surface area contributed by atoms with Crippen molar-refractivity contribution in [1.29, 1.82) is 0 Å². The zero-order valence-corrected chi connectivity index (χ0v) is 34.3. The maximum atomic E-state index is 2.50. The van der Waals surface area contributed by atoms with E-state index < -0.39 is 5.41 Å². The van der Waals surface area contributed by atoms with Crippen LogP contribution in [0.4, 0.5) is 0 Å². The molecule has 0 saturated heterocycles. The van der Waals surface area contributed by atoms with Gasteiger partial charge in [-0.3, -0.25) is 0 Å². The van der Waals surface area contributed by atoms with Crippen LogP contribution in [0, 0.1) is 0 Å². The van der Waals surface area contributed by atoms with Crippen molar-refractivity contribution < 1.29 is 0 Å². The number of hydrogen-bond donors (Lipinski definition) is 0. The van der Waals surface area contributed by atoms with Crippen molar-refractivity contribution in [1.82, 2.24) is 9.13 Å². The quantitative estimate of drug-likeness (QED) is 0.168. The topological polar surface area (TPSA) is 9.86 Å². The first-order valence-electron chi connectivity index (χ1n) is 21.9. The van der Waals surface area contributed by atoms with E-state index in [9.17, 15) is 0 Å². The molecule has 2 aromatic heterocycles. The van der Waals surface area contributed by atoms with Crippen LogP contribution in [0.2, 0.25) is 0 Å². The highest BCUT2D eigenvalue weighted by atomic mass is 15.0. The minimum absolute atomic E-state index is 0.469. The van der Waals surface area contributed by atoms with Crippen molar-refractivity contribution >= 4 is 43.6 Å². The Morgan fingerprint density at radius 3 is 1.56 bits per heavy atom. The number of aromatic nitrogens is 2. The highest BCUT2D eigenvalue weighted by Crippen LogP contribution is 2.57. The van der Waals surface area contributed by atoms with E-state index in [-0.39, 0.29) is 0 Å². The van der Waals surface area contributed by atoms with Gasteiger partial charge >= 0.3 is 0 Å². The summed E-state index contributed by atoms with van der Waals surface area (Å²) in [5, 5.41) is 5.03. The van der Waals surface area contributed by atoms with Crippen molar-refractivity contribution in [2.24, 2.45) is 0 Å². The molecule has 0 radical (unpaired) electrons. The molecule has 0 saturated carbocycles. The van der Waals surface area contributed by atoms with Gasteiger partial charge in [0.15, 0.2) is 0 Å². The van der Waals surface area contributed by atoms with Crippen LogP contribution in [-0.2, 0) is 5.41 Å². The molecule has 1 aliphatic carbocycles. The predicted molar refractivity (Wildman–Crippen MR) is 262 cm³/mol. The van der Waals surface area contributed by atoms with Crippen LogP contribution in [0.25, 0.3) is 99.5 Å². The van der Waals surface area contributed by atoms with Crippen LogP contribution in [0.1, 0.15) is 22.3 Å². The molecule has 0 atom stereocenters. The lowest BCUT2D eigenvalue weighted by Gasteiger charge is -2.34. The summed E-state index contributed by atoms with van der Waals surface area (Å²) in [6, 6.07) is 85.9. The Balaban J connectivity index is 0.968. The van der Waals surface area contributed by atoms with E-state index in [2.05, 4.69) is 240 Å². The van der Waals surface area contributed by atoms with Gasteiger partial charge in [0.25, 0.3) is 0 Å². The van der Waals surface area contributed by atoms with Gasteiger partial charge in [0.1, 0.15) is 0 Å².